The average Bonchev–Trinajstić information content (AvgIpc) is 3.15. The van der Waals surface area contributed by atoms with E-state index in [4.69, 9.17) is 18.6 Å². The summed E-state index contributed by atoms with van der Waals surface area (Å²) in [6.07, 6.45) is 0. The van der Waals surface area contributed by atoms with Crippen molar-refractivity contribution in [2.75, 3.05) is 45.3 Å². The summed E-state index contributed by atoms with van der Waals surface area (Å²) in [5.74, 6) is -0.367. The summed E-state index contributed by atoms with van der Waals surface area (Å²) in [7, 11) is 1.57. The highest BCUT2D eigenvalue weighted by Crippen LogP contribution is 2.29. The van der Waals surface area contributed by atoms with Crippen LogP contribution in [0.2, 0.25) is 0 Å². The molecule has 1 saturated heterocycles. The lowest BCUT2D eigenvalue weighted by Gasteiger charge is -2.26. The van der Waals surface area contributed by atoms with Gasteiger partial charge in [-0.2, -0.15) is 0 Å². The first-order valence-corrected chi connectivity index (χ1v) is 10.5. The zero-order valence-electron chi connectivity index (χ0n) is 18.2. The van der Waals surface area contributed by atoms with E-state index in [0.29, 0.717) is 22.6 Å². The number of fused-ring (bicyclic) bond motifs is 1. The number of rotatable bonds is 7. The van der Waals surface area contributed by atoms with Crippen molar-refractivity contribution in [3.8, 4) is 5.75 Å². The first kappa shape index (κ1) is 21.9. The normalized spacial score (nSPS) is 14.3. The van der Waals surface area contributed by atoms with Gasteiger partial charge in [0.25, 0.3) is 5.91 Å². The number of anilines is 1. The molecule has 4 rings (SSSR count). The van der Waals surface area contributed by atoms with Crippen LogP contribution in [0.5, 0.6) is 5.75 Å². The topological polar surface area (TPSA) is 90.2 Å². The van der Waals surface area contributed by atoms with E-state index in [1.807, 2.05) is 24.3 Å². The molecule has 2 aromatic carbocycles. The molecule has 1 aromatic heterocycles. The van der Waals surface area contributed by atoms with Gasteiger partial charge < -0.3 is 23.9 Å². The number of carbonyl (C=O) groups excluding carboxylic acids is 2. The monoisotopic (exact) mass is 438 g/mol. The maximum Gasteiger partial charge on any atom is 0.375 e. The highest BCUT2D eigenvalue weighted by Gasteiger charge is 2.20. The van der Waals surface area contributed by atoms with Crippen LogP contribution in [0.4, 0.5) is 5.69 Å². The van der Waals surface area contributed by atoms with Crippen LogP contribution in [0.1, 0.15) is 21.7 Å². The lowest BCUT2D eigenvalue weighted by atomic mass is 10.1. The molecule has 8 nitrogen and oxygen atoms in total. The Kier molecular flexibility index (Phi) is 6.72. The highest BCUT2D eigenvalue weighted by atomic mass is 16.5. The Hall–Kier alpha value is -3.36. The van der Waals surface area contributed by atoms with Crippen molar-refractivity contribution in [3.05, 3.63) is 59.4 Å². The number of hydrogen-bond donors (Lipinski definition) is 1. The van der Waals surface area contributed by atoms with Gasteiger partial charge in [-0.25, -0.2) is 4.79 Å². The second kappa shape index (κ2) is 9.84. The van der Waals surface area contributed by atoms with Crippen LogP contribution in [0, 0.1) is 6.92 Å². The van der Waals surface area contributed by atoms with Gasteiger partial charge in [0.05, 0.1) is 20.3 Å². The molecule has 0 spiro atoms. The van der Waals surface area contributed by atoms with E-state index < -0.39 is 18.5 Å². The molecule has 0 atom stereocenters. The number of hydrogen-bond acceptors (Lipinski definition) is 7. The molecular weight excluding hydrogens is 412 g/mol. The number of aryl methyl sites for hydroxylation is 1. The lowest BCUT2D eigenvalue weighted by Crippen LogP contribution is -2.35. The quantitative estimate of drug-likeness (QED) is 0.566. The standard InChI is InChI=1S/C24H26N2O6/c1-16-20-13-19(29-2)7-8-21(20)32-23(16)24(28)31-15-22(27)25-18-5-3-17(4-6-18)14-26-9-11-30-12-10-26/h3-8,13H,9-12,14-15H2,1-2H3,(H,25,27). The summed E-state index contributed by atoms with van der Waals surface area (Å²) in [5, 5.41) is 3.50. The Balaban J connectivity index is 1.30. The Morgan fingerprint density at radius 1 is 1.09 bits per heavy atom. The third kappa shape index (κ3) is 5.09. The molecule has 168 valence electrons. The molecule has 0 bridgehead atoms. The summed E-state index contributed by atoms with van der Waals surface area (Å²) in [6, 6.07) is 12.9. The number of esters is 1. The van der Waals surface area contributed by atoms with Crippen molar-refractivity contribution in [2.24, 2.45) is 0 Å². The van der Waals surface area contributed by atoms with Crippen molar-refractivity contribution in [2.45, 2.75) is 13.5 Å². The minimum absolute atomic E-state index is 0.0773. The molecule has 8 heteroatoms. The van der Waals surface area contributed by atoms with Gasteiger partial charge in [0.1, 0.15) is 11.3 Å². The number of ether oxygens (including phenoxy) is 3. The molecule has 1 aliphatic heterocycles. The largest absolute Gasteiger partial charge is 0.497 e. The van der Waals surface area contributed by atoms with Gasteiger partial charge in [0.2, 0.25) is 5.76 Å². The predicted molar refractivity (Wildman–Crippen MR) is 119 cm³/mol. The molecule has 1 aliphatic rings. The van der Waals surface area contributed by atoms with Crippen LogP contribution in [0.3, 0.4) is 0 Å². The summed E-state index contributed by atoms with van der Waals surface area (Å²) < 4.78 is 21.3. The Bertz CT molecular complexity index is 1100. The van der Waals surface area contributed by atoms with E-state index in [-0.39, 0.29) is 5.76 Å². The van der Waals surface area contributed by atoms with E-state index in [9.17, 15) is 9.59 Å². The number of amides is 1. The zero-order chi connectivity index (χ0) is 22.5. The summed E-state index contributed by atoms with van der Waals surface area (Å²) in [6.45, 7) is 5.56. The van der Waals surface area contributed by atoms with Gasteiger partial charge in [-0.05, 0) is 42.8 Å². The van der Waals surface area contributed by atoms with E-state index in [1.54, 1.807) is 32.2 Å². The predicted octanol–water partition coefficient (Wildman–Crippen LogP) is 3.38. The molecule has 0 unspecified atom stereocenters. The summed E-state index contributed by atoms with van der Waals surface area (Å²) >= 11 is 0. The van der Waals surface area contributed by atoms with E-state index in [0.717, 1.165) is 43.8 Å². The summed E-state index contributed by atoms with van der Waals surface area (Å²) in [4.78, 5) is 27.0. The van der Waals surface area contributed by atoms with E-state index in [2.05, 4.69) is 10.2 Å². The number of carbonyl (C=O) groups is 2. The maximum absolute atomic E-state index is 12.4. The van der Waals surface area contributed by atoms with Crippen LogP contribution in [0.25, 0.3) is 11.0 Å². The fourth-order valence-electron chi connectivity index (χ4n) is 3.63. The molecule has 2 heterocycles. The van der Waals surface area contributed by atoms with Crippen LogP contribution in [0.15, 0.2) is 46.9 Å². The lowest BCUT2D eigenvalue weighted by molar-refractivity contribution is -0.119. The molecule has 0 radical (unpaired) electrons. The number of furan rings is 1. The first-order chi connectivity index (χ1) is 15.5. The third-order valence-electron chi connectivity index (χ3n) is 5.41. The molecule has 3 aromatic rings. The van der Waals surface area contributed by atoms with Crippen LogP contribution >= 0.6 is 0 Å². The molecular formula is C24H26N2O6. The molecule has 1 fully saturated rings. The Morgan fingerprint density at radius 2 is 1.84 bits per heavy atom. The van der Waals surface area contributed by atoms with Crippen molar-refractivity contribution in [1.82, 2.24) is 4.90 Å². The number of benzene rings is 2. The molecule has 1 N–H and O–H groups in total. The maximum atomic E-state index is 12.4. The highest BCUT2D eigenvalue weighted by molar-refractivity contribution is 5.98. The smallest absolute Gasteiger partial charge is 0.375 e. The minimum atomic E-state index is -0.686. The van der Waals surface area contributed by atoms with Gasteiger partial charge >= 0.3 is 5.97 Å². The van der Waals surface area contributed by atoms with Gasteiger partial charge in [-0.1, -0.05) is 12.1 Å². The Labute approximate surface area is 186 Å². The van der Waals surface area contributed by atoms with Gasteiger partial charge in [-0.15, -0.1) is 0 Å². The van der Waals surface area contributed by atoms with Crippen molar-refractivity contribution in [1.29, 1.82) is 0 Å². The van der Waals surface area contributed by atoms with Crippen LogP contribution in [-0.4, -0.2) is 56.8 Å². The minimum Gasteiger partial charge on any atom is -0.497 e. The van der Waals surface area contributed by atoms with Crippen LogP contribution in [-0.2, 0) is 20.8 Å². The number of morpholine rings is 1. The van der Waals surface area contributed by atoms with Gasteiger partial charge in [0, 0.05) is 36.3 Å². The average molecular weight is 438 g/mol. The molecule has 1 amide bonds. The van der Waals surface area contributed by atoms with Crippen molar-refractivity contribution >= 4 is 28.5 Å². The van der Waals surface area contributed by atoms with E-state index in [1.165, 1.54) is 0 Å². The SMILES string of the molecule is COc1ccc2oc(C(=O)OCC(=O)Nc3ccc(CN4CCOCC4)cc3)c(C)c2c1. The first-order valence-electron chi connectivity index (χ1n) is 10.5. The van der Waals surface area contributed by atoms with Crippen LogP contribution < -0.4 is 10.1 Å². The van der Waals surface area contributed by atoms with E-state index >= 15 is 0 Å². The number of nitrogens with one attached hydrogen (secondary N) is 1. The fraction of sp³-hybridized carbons (Fsp3) is 0.333. The molecule has 0 saturated carbocycles. The summed E-state index contributed by atoms with van der Waals surface area (Å²) in [5.41, 5.74) is 2.99. The van der Waals surface area contributed by atoms with Gasteiger partial charge in [-0.3, -0.25) is 9.69 Å². The Morgan fingerprint density at radius 3 is 2.56 bits per heavy atom. The molecule has 32 heavy (non-hydrogen) atoms. The van der Waals surface area contributed by atoms with Gasteiger partial charge in [0.15, 0.2) is 6.61 Å². The zero-order valence-corrected chi connectivity index (χ0v) is 18.2. The molecule has 0 aliphatic carbocycles. The number of methoxy groups -OCH3 is 1. The van der Waals surface area contributed by atoms with Crippen molar-refractivity contribution in [3.63, 3.8) is 0 Å². The number of nitrogens with zero attached hydrogens (tertiary/aromatic N) is 1. The fourth-order valence-corrected chi connectivity index (χ4v) is 3.63. The third-order valence-corrected chi connectivity index (χ3v) is 5.41. The second-order valence-corrected chi connectivity index (χ2v) is 7.63. The van der Waals surface area contributed by atoms with Crippen molar-refractivity contribution < 1.29 is 28.2 Å². The second-order valence-electron chi connectivity index (χ2n) is 7.63.